The summed E-state index contributed by atoms with van der Waals surface area (Å²) < 4.78 is 43.2. The number of rotatable bonds is 5. The van der Waals surface area contributed by atoms with Gasteiger partial charge in [0.1, 0.15) is 0 Å². The van der Waals surface area contributed by atoms with Crippen LogP contribution >= 0.6 is 0 Å². The van der Waals surface area contributed by atoms with Gasteiger partial charge in [-0.1, -0.05) is 18.2 Å². The minimum absolute atomic E-state index is 0.165. The predicted molar refractivity (Wildman–Crippen MR) is 96.9 cm³/mol. The fraction of sp³-hybridized carbons (Fsp3) is 0.100. The molecule has 2 N–H and O–H groups in total. The van der Waals surface area contributed by atoms with Crippen LogP contribution in [0.5, 0.6) is 0 Å². The zero-order valence-corrected chi connectivity index (χ0v) is 14.4. The first-order valence-electron chi connectivity index (χ1n) is 8.22. The summed E-state index contributed by atoms with van der Waals surface area (Å²) in [6.07, 6.45) is -3.26. The van der Waals surface area contributed by atoms with Crippen molar-refractivity contribution in [3.05, 3.63) is 83.8 Å². The predicted octanol–water partition coefficient (Wildman–Crippen LogP) is 4.73. The molecule has 5 nitrogen and oxygen atoms in total. The molecular formula is C20H15F3N2O3. The van der Waals surface area contributed by atoms with Gasteiger partial charge in [-0.15, -0.1) is 0 Å². The van der Waals surface area contributed by atoms with Crippen molar-refractivity contribution in [3.63, 3.8) is 0 Å². The molecule has 0 fully saturated rings. The third-order valence-corrected chi connectivity index (χ3v) is 3.79. The molecule has 0 spiro atoms. The molecule has 2 amide bonds. The van der Waals surface area contributed by atoms with E-state index in [1.807, 2.05) is 0 Å². The number of anilines is 2. The number of carbonyl (C=O) groups is 2. The molecule has 3 rings (SSSR count). The number of hydrogen-bond acceptors (Lipinski definition) is 3. The SMILES string of the molecule is O=C(Cc1cccc(C(F)(F)F)c1)Nc1ccc(NC(=O)c2ccco2)cc1. The third-order valence-electron chi connectivity index (χ3n) is 3.79. The van der Waals surface area contributed by atoms with E-state index in [2.05, 4.69) is 10.6 Å². The van der Waals surface area contributed by atoms with Crippen LogP contribution in [0.15, 0.2) is 71.3 Å². The Morgan fingerprint density at radius 1 is 0.893 bits per heavy atom. The van der Waals surface area contributed by atoms with Gasteiger partial charge in [-0.2, -0.15) is 13.2 Å². The monoisotopic (exact) mass is 388 g/mol. The van der Waals surface area contributed by atoms with Crippen LogP contribution in [0.4, 0.5) is 24.5 Å². The molecule has 1 aromatic heterocycles. The molecule has 0 aliphatic carbocycles. The molecule has 0 radical (unpaired) electrons. The summed E-state index contributed by atoms with van der Waals surface area (Å²) >= 11 is 0. The summed E-state index contributed by atoms with van der Waals surface area (Å²) in [7, 11) is 0. The maximum Gasteiger partial charge on any atom is 0.416 e. The van der Waals surface area contributed by atoms with E-state index in [0.717, 1.165) is 12.1 Å². The van der Waals surface area contributed by atoms with Crippen LogP contribution in [0.3, 0.4) is 0 Å². The average molecular weight is 388 g/mol. The van der Waals surface area contributed by atoms with Gasteiger partial charge < -0.3 is 15.1 Å². The van der Waals surface area contributed by atoms with Gasteiger partial charge in [0.25, 0.3) is 5.91 Å². The van der Waals surface area contributed by atoms with E-state index in [1.54, 1.807) is 30.3 Å². The van der Waals surface area contributed by atoms with E-state index in [4.69, 9.17) is 4.42 Å². The molecule has 0 unspecified atom stereocenters. The molecule has 1 heterocycles. The molecule has 0 aliphatic rings. The molecule has 8 heteroatoms. The Hall–Kier alpha value is -3.55. The van der Waals surface area contributed by atoms with E-state index < -0.39 is 23.6 Å². The van der Waals surface area contributed by atoms with Crippen molar-refractivity contribution >= 4 is 23.2 Å². The van der Waals surface area contributed by atoms with Crippen molar-refractivity contribution in [2.75, 3.05) is 10.6 Å². The maximum atomic E-state index is 12.7. The van der Waals surface area contributed by atoms with Gasteiger partial charge in [-0.25, -0.2) is 0 Å². The summed E-state index contributed by atoms with van der Waals surface area (Å²) in [6, 6.07) is 14.1. The lowest BCUT2D eigenvalue weighted by atomic mass is 10.1. The number of hydrogen-bond donors (Lipinski definition) is 2. The molecule has 0 atom stereocenters. The minimum Gasteiger partial charge on any atom is -0.459 e. The first-order chi connectivity index (χ1) is 13.3. The van der Waals surface area contributed by atoms with Gasteiger partial charge in [0.05, 0.1) is 18.2 Å². The Morgan fingerprint density at radius 3 is 2.18 bits per heavy atom. The summed E-state index contributed by atoms with van der Waals surface area (Å²) in [4.78, 5) is 24.0. The summed E-state index contributed by atoms with van der Waals surface area (Å²) in [5.41, 5.74) is 0.411. The van der Waals surface area contributed by atoms with Crippen molar-refractivity contribution < 1.29 is 27.2 Å². The second-order valence-electron chi connectivity index (χ2n) is 5.93. The second-order valence-corrected chi connectivity index (χ2v) is 5.93. The number of alkyl halides is 3. The quantitative estimate of drug-likeness (QED) is 0.664. The summed E-state index contributed by atoms with van der Waals surface area (Å²) in [5, 5.41) is 5.24. The third kappa shape index (κ3) is 5.00. The van der Waals surface area contributed by atoms with Crippen LogP contribution in [0, 0.1) is 0 Å². The molecule has 144 valence electrons. The lowest BCUT2D eigenvalue weighted by Gasteiger charge is -2.10. The molecule has 0 aliphatic heterocycles. The molecular weight excluding hydrogens is 373 g/mol. The number of nitrogens with one attached hydrogen (secondary N) is 2. The minimum atomic E-state index is -4.46. The summed E-state index contributed by atoms with van der Waals surface area (Å²) in [6.45, 7) is 0. The smallest absolute Gasteiger partial charge is 0.416 e. The number of amides is 2. The van der Waals surface area contributed by atoms with E-state index in [0.29, 0.717) is 11.4 Å². The number of furan rings is 1. The Kier molecular flexibility index (Phi) is 5.49. The number of carbonyl (C=O) groups excluding carboxylic acids is 2. The molecule has 2 aromatic carbocycles. The van der Waals surface area contributed by atoms with Crippen LogP contribution in [0.25, 0.3) is 0 Å². The highest BCUT2D eigenvalue weighted by Crippen LogP contribution is 2.29. The Balaban J connectivity index is 1.58. The van der Waals surface area contributed by atoms with Crippen LogP contribution in [-0.4, -0.2) is 11.8 Å². The topological polar surface area (TPSA) is 71.3 Å². The Morgan fingerprint density at radius 2 is 1.57 bits per heavy atom. The van der Waals surface area contributed by atoms with Crippen molar-refractivity contribution in [3.8, 4) is 0 Å². The lowest BCUT2D eigenvalue weighted by Crippen LogP contribution is -2.15. The number of halogens is 3. The van der Waals surface area contributed by atoms with Crippen molar-refractivity contribution in [1.29, 1.82) is 0 Å². The van der Waals surface area contributed by atoms with Crippen LogP contribution in [-0.2, 0) is 17.4 Å². The van der Waals surface area contributed by atoms with E-state index in [1.165, 1.54) is 24.5 Å². The first-order valence-corrected chi connectivity index (χ1v) is 8.22. The number of benzene rings is 2. The molecule has 0 bridgehead atoms. The fourth-order valence-electron chi connectivity index (χ4n) is 2.49. The standard InChI is InChI=1S/C20H15F3N2O3/c21-20(22,23)14-4-1-3-13(11-14)12-18(26)24-15-6-8-16(9-7-15)25-19(27)17-5-2-10-28-17/h1-11H,12H2,(H,24,26)(H,25,27). The zero-order valence-electron chi connectivity index (χ0n) is 14.4. The van der Waals surface area contributed by atoms with Crippen molar-refractivity contribution in [1.82, 2.24) is 0 Å². The van der Waals surface area contributed by atoms with Gasteiger partial charge in [0, 0.05) is 11.4 Å². The highest BCUT2D eigenvalue weighted by atomic mass is 19.4. The van der Waals surface area contributed by atoms with E-state index in [-0.39, 0.29) is 17.7 Å². The highest BCUT2D eigenvalue weighted by molar-refractivity contribution is 6.02. The van der Waals surface area contributed by atoms with E-state index in [9.17, 15) is 22.8 Å². The average Bonchev–Trinajstić information content (AvgIpc) is 3.18. The summed E-state index contributed by atoms with van der Waals surface area (Å²) in [5.74, 6) is -0.698. The fourth-order valence-corrected chi connectivity index (χ4v) is 2.49. The normalized spacial score (nSPS) is 11.1. The van der Waals surface area contributed by atoms with Crippen molar-refractivity contribution in [2.45, 2.75) is 12.6 Å². The molecule has 0 saturated carbocycles. The van der Waals surface area contributed by atoms with Crippen LogP contribution in [0.2, 0.25) is 0 Å². The van der Waals surface area contributed by atoms with Gasteiger partial charge in [0.15, 0.2) is 5.76 Å². The second kappa shape index (κ2) is 7.99. The lowest BCUT2D eigenvalue weighted by molar-refractivity contribution is -0.137. The van der Waals surface area contributed by atoms with Crippen molar-refractivity contribution in [2.24, 2.45) is 0 Å². The van der Waals surface area contributed by atoms with E-state index >= 15 is 0 Å². The van der Waals surface area contributed by atoms with Gasteiger partial charge in [-0.3, -0.25) is 9.59 Å². The molecule has 28 heavy (non-hydrogen) atoms. The maximum absolute atomic E-state index is 12.7. The molecule has 3 aromatic rings. The van der Waals surface area contributed by atoms with Crippen LogP contribution in [0.1, 0.15) is 21.7 Å². The van der Waals surface area contributed by atoms with Gasteiger partial charge >= 0.3 is 6.18 Å². The first kappa shape index (κ1) is 19.2. The van der Waals surface area contributed by atoms with Crippen LogP contribution < -0.4 is 10.6 Å². The van der Waals surface area contributed by atoms with Gasteiger partial charge in [0.2, 0.25) is 5.91 Å². The van der Waals surface area contributed by atoms with Gasteiger partial charge in [-0.05, 0) is 48.0 Å². The zero-order chi connectivity index (χ0) is 20.1. The Labute approximate surface area is 158 Å². The molecule has 0 saturated heterocycles. The Bertz CT molecular complexity index is 965. The highest BCUT2D eigenvalue weighted by Gasteiger charge is 2.30. The largest absolute Gasteiger partial charge is 0.459 e.